The van der Waals surface area contributed by atoms with Gasteiger partial charge >= 0.3 is 0 Å². The van der Waals surface area contributed by atoms with Gasteiger partial charge in [0.2, 0.25) is 5.82 Å². The molecule has 0 aromatic carbocycles. The minimum absolute atomic E-state index is 0. The van der Waals surface area contributed by atoms with Gasteiger partial charge in [0.25, 0.3) is 5.82 Å². The van der Waals surface area contributed by atoms with Gasteiger partial charge in [0.05, 0.1) is 6.54 Å². The second-order valence-electron chi connectivity index (χ2n) is 4.10. The molecule has 2 rings (SSSR count). The van der Waals surface area contributed by atoms with Gasteiger partial charge in [-0.2, -0.15) is 0 Å². The van der Waals surface area contributed by atoms with Gasteiger partial charge in [-0.25, -0.2) is 9.55 Å². The third-order valence-electron chi connectivity index (χ3n) is 2.98. The van der Waals surface area contributed by atoms with E-state index in [1.54, 1.807) is 0 Å². The van der Waals surface area contributed by atoms with E-state index in [2.05, 4.69) is 16.5 Å². The minimum atomic E-state index is 0. The molecule has 0 amide bonds. The first-order chi connectivity index (χ1) is 6.25. The molecule has 1 heterocycles. The summed E-state index contributed by atoms with van der Waals surface area (Å²) in [7, 11) is 0. The van der Waals surface area contributed by atoms with Crippen LogP contribution in [0.4, 0.5) is 5.82 Å². The number of H-pyrrole nitrogens is 1. The monoisotopic (exact) mass is 215 g/mol. The fourth-order valence-corrected chi connectivity index (χ4v) is 2.24. The number of hydrogen-bond donors (Lipinski definition) is 2. The van der Waals surface area contributed by atoms with Gasteiger partial charge < -0.3 is 18.1 Å². The smallest absolute Gasteiger partial charge is 0.252 e. The van der Waals surface area contributed by atoms with Crippen molar-refractivity contribution < 1.29 is 17.0 Å². The number of nitrogen functional groups attached to an aromatic ring is 1. The van der Waals surface area contributed by atoms with Crippen molar-refractivity contribution in [2.24, 2.45) is 5.92 Å². The largest absolute Gasteiger partial charge is 1.00 e. The molecule has 14 heavy (non-hydrogen) atoms. The minimum Gasteiger partial charge on any atom is -1.00 e. The van der Waals surface area contributed by atoms with Crippen LogP contribution in [0.5, 0.6) is 0 Å². The normalized spacial score (nSPS) is 16.9. The highest BCUT2D eigenvalue weighted by molar-refractivity contribution is 5.20. The Morgan fingerprint density at radius 3 is 2.64 bits per heavy atom. The molecule has 1 aliphatic rings. The lowest BCUT2D eigenvalue weighted by molar-refractivity contribution is -0.707. The summed E-state index contributed by atoms with van der Waals surface area (Å²) in [6.45, 7) is 3.21. The molecular formula is C10H18ClN3. The number of aromatic nitrogens is 2. The molecule has 1 aliphatic carbocycles. The Morgan fingerprint density at radius 1 is 1.50 bits per heavy atom. The van der Waals surface area contributed by atoms with Crippen LogP contribution in [0.1, 0.15) is 31.5 Å². The first kappa shape index (κ1) is 11.4. The molecule has 0 aliphatic heterocycles. The quantitative estimate of drug-likeness (QED) is 0.573. The molecule has 0 unspecified atom stereocenters. The molecule has 0 saturated heterocycles. The highest BCUT2D eigenvalue weighted by Crippen LogP contribution is 2.24. The van der Waals surface area contributed by atoms with Gasteiger partial charge in [0, 0.05) is 6.92 Å². The van der Waals surface area contributed by atoms with Crippen LogP contribution in [-0.4, -0.2) is 4.98 Å². The molecule has 3 nitrogen and oxygen atoms in total. The van der Waals surface area contributed by atoms with E-state index in [0.29, 0.717) is 0 Å². The average Bonchev–Trinajstić information content (AvgIpc) is 2.63. The summed E-state index contributed by atoms with van der Waals surface area (Å²) in [6, 6.07) is 0. The molecule has 4 heteroatoms. The van der Waals surface area contributed by atoms with Gasteiger partial charge in [-0.1, -0.05) is 12.8 Å². The van der Waals surface area contributed by atoms with Crippen LogP contribution in [0.3, 0.4) is 0 Å². The van der Waals surface area contributed by atoms with Gasteiger partial charge in [-0.15, -0.1) is 0 Å². The lowest BCUT2D eigenvalue weighted by Gasteiger charge is -2.05. The van der Waals surface area contributed by atoms with Crippen LogP contribution < -0.4 is 22.7 Å². The van der Waals surface area contributed by atoms with Gasteiger partial charge in [-0.05, 0) is 18.8 Å². The molecule has 1 aromatic heterocycles. The Labute approximate surface area is 91.1 Å². The van der Waals surface area contributed by atoms with Crippen LogP contribution in [0.25, 0.3) is 0 Å². The van der Waals surface area contributed by atoms with Crippen LogP contribution in [0, 0.1) is 12.8 Å². The third-order valence-corrected chi connectivity index (χ3v) is 2.98. The Morgan fingerprint density at radius 2 is 2.14 bits per heavy atom. The molecule has 0 radical (unpaired) electrons. The van der Waals surface area contributed by atoms with Crippen molar-refractivity contribution in [3.8, 4) is 0 Å². The van der Waals surface area contributed by atoms with E-state index in [-0.39, 0.29) is 12.4 Å². The van der Waals surface area contributed by atoms with Crippen molar-refractivity contribution in [2.75, 3.05) is 5.73 Å². The summed E-state index contributed by atoms with van der Waals surface area (Å²) < 4.78 is 2.24. The summed E-state index contributed by atoms with van der Waals surface area (Å²) >= 11 is 0. The van der Waals surface area contributed by atoms with Gasteiger partial charge in [0.1, 0.15) is 0 Å². The molecule has 0 bridgehead atoms. The molecule has 0 atom stereocenters. The maximum absolute atomic E-state index is 5.68. The van der Waals surface area contributed by atoms with Crippen molar-refractivity contribution in [1.29, 1.82) is 0 Å². The summed E-state index contributed by atoms with van der Waals surface area (Å²) in [5.74, 6) is 2.82. The third kappa shape index (κ3) is 2.41. The Hall–Kier alpha value is -0.700. The fourth-order valence-electron chi connectivity index (χ4n) is 2.24. The van der Waals surface area contributed by atoms with Gasteiger partial charge in [-0.3, -0.25) is 0 Å². The summed E-state index contributed by atoms with van der Waals surface area (Å²) in [6.07, 6.45) is 7.59. The van der Waals surface area contributed by atoms with E-state index in [1.165, 1.54) is 31.5 Å². The number of imidazole rings is 1. The average molecular weight is 216 g/mol. The molecule has 80 valence electrons. The van der Waals surface area contributed by atoms with Crippen molar-refractivity contribution >= 4 is 5.82 Å². The van der Waals surface area contributed by atoms with E-state index in [9.17, 15) is 0 Å². The number of aryl methyl sites for hydroxylation is 1. The Balaban J connectivity index is 0.000000980. The van der Waals surface area contributed by atoms with E-state index >= 15 is 0 Å². The summed E-state index contributed by atoms with van der Waals surface area (Å²) in [5.41, 5.74) is 5.68. The SMILES string of the molecule is Cc1[nH]c(N)c[n+]1CC1CCCC1.[Cl-]. The Kier molecular flexibility index (Phi) is 3.81. The topological polar surface area (TPSA) is 45.7 Å². The van der Waals surface area contributed by atoms with Crippen molar-refractivity contribution in [3.63, 3.8) is 0 Å². The molecule has 1 fully saturated rings. The lowest BCUT2D eigenvalue weighted by atomic mass is 10.1. The van der Waals surface area contributed by atoms with Crippen molar-refractivity contribution in [1.82, 2.24) is 4.98 Å². The molecule has 0 spiro atoms. The summed E-state index contributed by atoms with van der Waals surface area (Å²) in [5, 5.41) is 0. The maximum atomic E-state index is 5.68. The molecular weight excluding hydrogens is 198 g/mol. The number of halogens is 1. The highest BCUT2D eigenvalue weighted by atomic mass is 35.5. The standard InChI is InChI=1S/C10H17N3.ClH/c1-8-12-10(11)7-13(8)6-9-4-2-3-5-9;/h7,9H,2-6,11H2,1H3;1H. The van der Waals surface area contributed by atoms with Crippen LogP contribution in [0.2, 0.25) is 0 Å². The first-order valence-corrected chi connectivity index (χ1v) is 5.10. The summed E-state index contributed by atoms with van der Waals surface area (Å²) in [4.78, 5) is 3.12. The van der Waals surface area contributed by atoms with Crippen molar-refractivity contribution in [3.05, 3.63) is 12.0 Å². The maximum Gasteiger partial charge on any atom is 0.252 e. The second kappa shape index (κ2) is 4.69. The predicted octanol–water partition coefficient (Wildman–Crippen LogP) is -1.61. The van der Waals surface area contributed by atoms with Gasteiger partial charge in [0.15, 0.2) is 6.20 Å². The number of anilines is 1. The van der Waals surface area contributed by atoms with Crippen LogP contribution in [-0.2, 0) is 6.54 Å². The van der Waals surface area contributed by atoms with E-state index < -0.39 is 0 Å². The van der Waals surface area contributed by atoms with Crippen LogP contribution >= 0.6 is 0 Å². The first-order valence-electron chi connectivity index (χ1n) is 5.10. The zero-order chi connectivity index (χ0) is 9.26. The number of aromatic amines is 1. The van der Waals surface area contributed by atoms with Crippen LogP contribution in [0.15, 0.2) is 6.20 Å². The number of rotatable bonds is 2. The fraction of sp³-hybridized carbons (Fsp3) is 0.700. The zero-order valence-electron chi connectivity index (χ0n) is 8.59. The number of nitrogens with one attached hydrogen (secondary N) is 1. The second-order valence-corrected chi connectivity index (χ2v) is 4.10. The molecule has 1 aromatic rings. The molecule has 3 N–H and O–H groups in total. The number of nitrogens with zero attached hydrogens (tertiary/aromatic N) is 1. The van der Waals surface area contributed by atoms with E-state index in [1.807, 2.05) is 6.20 Å². The van der Waals surface area contributed by atoms with Crippen molar-refractivity contribution in [2.45, 2.75) is 39.2 Å². The molecule has 1 saturated carbocycles. The number of nitrogens with two attached hydrogens (primary N) is 1. The Bertz CT molecular complexity index is 290. The number of hydrogen-bond acceptors (Lipinski definition) is 1. The van der Waals surface area contributed by atoms with E-state index in [0.717, 1.165) is 18.3 Å². The lowest BCUT2D eigenvalue weighted by Crippen LogP contribution is -3.00. The van der Waals surface area contributed by atoms with E-state index in [4.69, 9.17) is 5.73 Å². The highest BCUT2D eigenvalue weighted by Gasteiger charge is 2.19. The predicted molar refractivity (Wildman–Crippen MR) is 52.1 cm³/mol. The zero-order valence-corrected chi connectivity index (χ0v) is 9.35.